The quantitative estimate of drug-likeness (QED) is 0.0953. The highest BCUT2D eigenvalue weighted by Crippen LogP contribution is 2.59. The van der Waals surface area contributed by atoms with Gasteiger partial charge in [-0.3, -0.25) is 0 Å². The third kappa shape index (κ3) is 9.29. The molecule has 4 heterocycles. The number of para-hydroxylation sites is 4. The summed E-state index contributed by atoms with van der Waals surface area (Å²) < 4.78 is 15.8. The third-order valence-corrected chi connectivity index (χ3v) is 20.3. The molecule has 0 spiro atoms. The summed E-state index contributed by atoms with van der Waals surface area (Å²) in [5.41, 5.74) is 25.1. The van der Waals surface area contributed by atoms with Crippen molar-refractivity contribution in [1.29, 1.82) is 0 Å². The second kappa shape index (κ2) is 23.1. The molecular formula is C91H66N4O2. The SMILES string of the molecule is [C-]#[N+]c1c(N2Cc3cc(C(C)C)ccc3-c3ccccc32)c2cc(N(c3ccccc3)c3ccc(-c4ccccc4)cc3)c3c4cccc(-c5cccc(-c6ccccc6)c5)c4oc3c2c2c1cc(N1C=CC=C3C(c4ccccc4)=CC=CC31)c1oc3c(C(C)C)cccc3c12. The molecule has 462 valence electrons. The molecule has 1 unspecified atom stereocenters. The molecule has 0 saturated carbocycles. The molecule has 2 aromatic heterocycles. The van der Waals surface area contributed by atoms with Crippen LogP contribution in [0, 0.1) is 6.57 Å². The monoisotopic (exact) mass is 1250 g/mol. The molecule has 0 saturated heterocycles. The standard InChI is InChI=1S/C91H66N4O2/c1-56(2)62-46-49-70-65(51-62)55-94(79-42-19-18-35-72(70)79)87-77-54-80(95(66-33-16-9-17-34-66)67-47-44-60(45-48-67)58-25-10-6-11-26-58)82-74-39-22-38-71(64-32-20-31-63(52-64)59-27-12-7-13-28-59)89(74)97-91(82)85(77)83-76(86(87)92-5)53-81(90-84(83)75-40-21-36-68(57(3)4)88(75)96-90)93-50-24-41-73-69(37-23-43-78(73)93)61-29-14-8-15-30-61/h6-54,56-57,78H,55H2,1-4H3. The van der Waals surface area contributed by atoms with Gasteiger partial charge in [0.1, 0.15) is 16.7 Å². The van der Waals surface area contributed by atoms with E-state index >= 15 is 0 Å². The fraction of sp³-hybridized carbons (Fsp3) is 0.0879. The third-order valence-electron chi connectivity index (χ3n) is 20.3. The predicted molar refractivity (Wildman–Crippen MR) is 406 cm³/mol. The second-order valence-electron chi connectivity index (χ2n) is 26.5. The van der Waals surface area contributed by atoms with Gasteiger partial charge < -0.3 is 23.5 Å². The van der Waals surface area contributed by atoms with Crippen molar-refractivity contribution in [3.63, 3.8) is 0 Å². The topological polar surface area (TPSA) is 40.4 Å². The van der Waals surface area contributed by atoms with E-state index in [-0.39, 0.29) is 12.0 Å². The van der Waals surface area contributed by atoms with Crippen LogP contribution < -0.4 is 14.7 Å². The molecule has 97 heavy (non-hydrogen) atoms. The van der Waals surface area contributed by atoms with Crippen LogP contribution in [0.15, 0.2) is 312 Å². The Bertz CT molecular complexity index is 5870. The number of hydrogen-bond donors (Lipinski definition) is 0. The number of rotatable bonds is 11. The van der Waals surface area contributed by atoms with E-state index in [1.165, 1.54) is 22.3 Å². The zero-order valence-electron chi connectivity index (χ0n) is 54.3. The van der Waals surface area contributed by atoms with Crippen LogP contribution in [-0.4, -0.2) is 6.04 Å². The number of fused-ring (bicyclic) bond motifs is 15. The summed E-state index contributed by atoms with van der Waals surface area (Å²) in [7, 11) is 0. The van der Waals surface area contributed by atoms with Gasteiger partial charge in [-0.15, -0.1) is 0 Å². The average Bonchev–Trinajstić information content (AvgIpc) is 1.67. The Kier molecular flexibility index (Phi) is 13.7. The Hall–Kier alpha value is -12.2. The minimum atomic E-state index is -0.199. The number of nitrogens with zero attached hydrogens (tertiary/aromatic N) is 4. The van der Waals surface area contributed by atoms with Crippen molar-refractivity contribution < 1.29 is 8.83 Å². The van der Waals surface area contributed by atoms with E-state index in [0.717, 1.165) is 150 Å². The summed E-state index contributed by atoms with van der Waals surface area (Å²) in [6.45, 7) is 19.6. The maximum atomic E-state index is 10.0. The molecule has 3 aliphatic rings. The highest BCUT2D eigenvalue weighted by atomic mass is 16.3. The van der Waals surface area contributed by atoms with Crippen molar-refractivity contribution in [2.24, 2.45) is 0 Å². The zero-order chi connectivity index (χ0) is 65.0. The summed E-state index contributed by atoms with van der Waals surface area (Å²) in [6, 6.07) is 93.9. The van der Waals surface area contributed by atoms with Gasteiger partial charge in [0, 0.05) is 67.9 Å². The molecule has 15 aromatic rings. The van der Waals surface area contributed by atoms with E-state index in [1.54, 1.807) is 0 Å². The van der Waals surface area contributed by atoms with Gasteiger partial charge in [-0.25, -0.2) is 4.85 Å². The molecule has 6 nitrogen and oxygen atoms in total. The van der Waals surface area contributed by atoms with Gasteiger partial charge in [0.15, 0.2) is 5.58 Å². The Balaban J connectivity index is 1.03. The molecule has 1 aliphatic carbocycles. The lowest BCUT2D eigenvalue weighted by atomic mass is 9.85. The first-order chi connectivity index (χ1) is 47.8. The first-order valence-corrected chi connectivity index (χ1v) is 33.7. The lowest BCUT2D eigenvalue weighted by molar-refractivity contribution is 0.655. The Morgan fingerprint density at radius 1 is 0.443 bits per heavy atom. The maximum absolute atomic E-state index is 10.0. The molecule has 13 aromatic carbocycles. The summed E-state index contributed by atoms with van der Waals surface area (Å²) in [5, 5.41) is 7.32. The van der Waals surface area contributed by atoms with Gasteiger partial charge in [0.05, 0.1) is 35.1 Å². The normalized spacial score (nSPS) is 14.2. The van der Waals surface area contributed by atoms with Crippen molar-refractivity contribution in [2.45, 2.75) is 52.1 Å². The van der Waals surface area contributed by atoms with Crippen LogP contribution in [-0.2, 0) is 6.54 Å². The van der Waals surface area contributed by atoms with Gasteiger partial charge in [0.2, 0.25) is 5.69 Å². The minimum Gasteiger partial charge on any atom is -0.455 e. The van der Waals surface area contributed by atoms with Crippen molar-refractivity contribution in [3.05, 3.63) is 337 Å². The van der Waals surface area contributed by atoms with E-state index in [4.69, 9.17) is 13.7 Å². The van der Waals surface area contributed by atoms with Crippen molar-refractivity contribution in [2.75, 3.05) is 14.7 Å². The van der Waals surface area contributed by atoms with Crippen LogP contribution in [0.2, 0.25) is 0 Å². The molecule has 1 atom stereocenters. The van der Waals surface area contributed by atoms with Gasteiger partial charge in [-0.1, -0.05) is 264 Å². The lowest BCUT2D eigenvalue weighted by Gasteiger charge is -2.37. The predicted octanol–water partition coefficient (Wildman–Crippen LogP) is 25.7. The summed E-state index contributed by atoms with van der Waals surface area (Å²) in [5.74, 6) is 0.439. The summed E-state index contributed by atoms with van der Waals surface area (Å²) in [6.07, 6.45) is 13.3. The van der Waals surface area contributed by atoms with Crippen LogP contribution in [0.3, 0.4) is 0 Å². The first kappa shape index (κ1) is 57.5. The van der Waals surface area contributed by atoms with E-state index in [2.05, 4.69) is 340 Å². The van der Waals surface area contributed by atoms with Crippen molar-refractivity contribution in [1.82, 2.24) is 0 Å². The molecular weight excluding hydrogens is 1180 g/mol. The number of benzene rings is 13. The van der Waals surface area contributed by atoms with E-state index in [9.17, 15) is 6.57 Å². The zero-order valence-corrected chi connectivity index (χ0v) is 54.3. The van der Waals surface area contributed by atoms with Gasteiger partial charge >= 0.3 is 0 Å². The van der Waals surface area contributed by atoms with Crippen LogP contribution in [0.5, 0.6) is 0 Å². The summed E-state index contributed by atoms with van der Waals surface area (Å²) >= 11 is 0. The van der Waals surface area contributed by atoms with Crippen LogP contribution >= 0.6 is 0 Å². The molecule has 0 fully saturated rings. The smallest absolute Gasteiger partial charge is 0.218 e. The molecule has 0 amide bonds. The van der Waals surface area contributed by atoms with Gasteiger partial charge in [0.25, 0.3) is 0 Å². The van der Waals surface area contributed by atoms with Crippen LogP contribution in [0.4, 0.5) is 39.8 Å². The molecule has 0 bridgehead atoms. The van der Waals surface area contributed by atoms with Gasteiger partial charge in [-0.2, -0.15) is 0 Å². The number of anilines is 6. The van der Waals surface area contributed by atoms with E-state index in [0.29, 0.717) is 23.7 Å². The average molecular weight is 1250 g/mol. The van der Waals surface area contributed by atoms with Crippen LogP contribution in [0.25, 0.3) is 120 Å². The molecule has 0 radical (unpaired) electrons. The number of furan rings is 2. The summed E-state index contributed by atoms with van der Waals surface area (Å²) in [4.78, 5) is 12.2. The Morgan fingerprint density at radius 3 is 1.80 bits per heavy atom. The highest BCUT2D eigenvalue weighted by Gasteiger charge is 2.36. The Morgan fingerprint density at radius 2 is 1.06 bits per heavy atom. The molecule has 6 heteroatoms. The van der Waals surface area contributed by atoms with Crippen molar-refractivity contribution in [3.8, 4) is 44.5 Å². The fourth-order valence-electron chi connectivity index (χ4n) is 15.7. The second-order valence-corrected chi connectivity index (χ2v) is 26.5. The molecule has 0 N–H and O–H groups in total. The molecule has 18 rings (SSSR count). The van der Waals surface area contributed by atoms with Crippen LogP contribution in [0.1, 0.15) is 61.8 Å². The van der Waals surface area contributed by atoms with Gasteiger partial charge in [-0.05, 0) is 144 Å². The molecule has 2 aliphatic heterocycles. The number of allylic oxidation sites excluding steroid dienone is 4. The fourth-order valence-corrected chi connectivity index (χ4v) is 15.7. The largest absolute Gasteiger partial charge is 0.455 e. The highest BCUT2D eigenvalue weighted by molar-refractivity contribution is 6.40. The minimum absolute atomic E-state index is 0.137. The lowest BCUT2D eigenvalue weighted by Crippen LogP contribution is -2.34. The Labute approximate surface area is 564 Å². The van der Waals surface area contributed by atoms with E-state index in [1.807, 2.05) is 0 Å². The van der Waals surface area contributed by atoms with Crippen molar-refractivity contribution >= 4 is 111 Å². The van der Waals surface area contributed by atoms with E-state index < -0.39 is 0 Å². The number of hydrogen-bond acceptors (Lipinski definition) is 5. The first-order valence-electron chi connectivity index (χ1n) is 33.7. The maximum Gasteiger partial charge on any atom is 0.218 e.